The van der Waals surface area contributed by atoms with Crippen molar-refractivity contribution in [1.82, 2.24) is 4.31 Å². The molecule has 0 aliphatic carbocycles. The summed E-state index contributed by atoms with van der Waals surface area (Å²) in [4.78, 5) is 21.1. The zero-order valence-corrected chi connectivity index (χ0v) is 21.0. The third-order valence-electron chi connectivity index (χ3n) is 6.40. The third-order valence-corrected chi connectivity index (χ3v) is 8.30. The standard InChI is InChI=1S/C27H28FNO5S/c1-5-24-18(3)26(34-33-19(4)30)12-13-27(24)35(31,32)29-15-17(2)25-11-8-21(14-22(25)16-29)20-6-9-23(28)10-7-20/h6-14,17H,5,15-16H2,1-4H3. The van der Waals surface area contributed by atoms with Crippen LogP contribution in [0.15, 0.2) is 59.5 Å². The van der Waals surface area contributed by atoms with Gasteiger partial charge in [0.05, 0.1) is 4.90 Å². The maximum atomic E-state index is 13.8. The molecular weight excluding hydrogens is 469 g/mol. The Labute approximate surface area is 205 Å². The zero-order valence-electron chi connectivity index (χ0n) is 20.2. The molecule has 0 spiro atoms. The van der Waals surface area contributed by atoms with Crippen LogP contribution in [0.2, 0.25) is 0 Å². The van der Waals surface area contributed by atoms with Crippen molar-refractivity contribution in [2.75, 3.05) is 6.54 Å². The van der Waals surface area contributed by atoms with Gasteiger partial charge in [-0.15, -0.1) is 0 Å². The maximum Gasteiger partial charge on any atom is 0.352 e. The number of hydrogen-bond donors (Lipinski definition) is 0. The molecule has 1 atom stereocenters. The number of carbonyl (C=O) groups excluding carboxylic acids is 1. The minimum absolute atomic E-state index is 0.00791. The lowest BCUT2D eigenvalue weighted by Crippen LogP contribution is -2.38. The van der Waals surface area contributed by atoms with Crippen LogP contribution >= 0.6 is 0 Å². The molecule has 1 aliphatic rings. The van der Waals surface area contributed by atoms with Gasteiger partial charge in [-0.2, -0.15) is 4.31 Å². The minimum Gasteiger partial charge on any atom is -0.287 e. The second-order valence-electron chi connectivity index (χ2n) is 8.80. The van der Waals surface area contributed by atoms with Crippen LogP contribution in [0.3, 0.4) is 0 Å². The van der Waals surface area contributed by atoms with E-state index in [1.807, 2.05) is 32.0 Å². The molecule has 0 bridgehead atoms. The van der Waals surface area contributed by atoms with Crippen LogP contribution in [0.25, 0.3) is 11.1 Å². The molecule has 0 fully saturated rings. The second-order valence-corrected chi connectivity index (χ2v) is 10.7. The SMILES string of the molecule is CCc1c(S(=O)(=O)N2Cc3cc(-c4ccc(F)cc4)ccc3C(C)C2)ccc(OOC(C)=O)c1C. The van der Waals surface area contributed by atoms with E-state index in [-0.39, 0.29) is 23.2 Å². The topological polar surface area (TPSA) is 72.9 Å². The first-order chi connectivity index (χ1) is 16.6. The lowest BCUT2D eigenvalue weighted by Gasteiger charge is -2.33. The van der Waals surface area contributed by atoms with Crippen molar-refractivity contribution in [3.8, 4) is 16.9 Å². The average Bonchev–Trinajstić information content (AvgIpc) is 2.83. The summed E-state index contributed by atoms with van der Waals surface area (Å²) in [5.74, 6) is -0.588. The van der Waals surface area contributed by atoms with Gasteiger partial charge < -0.3 is 0 Å². The number of rotatable bonds is 6. The molecule has 6 nitrogen and oxygen atoms in total. The minimum atomic E-state index is -3.81. The summed E-state index contributed by atoms with van der Waals surface area (Å²) in [6.07, 6.45) is 0.465. The van der Waals surface area contributed by atoms with Crippen LogP contribution in [0.1, 0.15) is 48.9 Å². The zero-order chi connectivity index (χ0) is 25.3. The van der Waals surface area contributed by atoms with Crippen molar-refractivity contribution >= 4 is 16.0 Å². The van der Waals surface area contributed by atoms with Crippen LogP contribution in [0.5, 0.6) is 5.75 Å². The molecule has 0 N–H and O–H groups in total. The van der Waals surface area contributed by atoms with Crippen molar-refractivity contribution in [3.05, 3.63) is 82.7 Å². The van der Waals surface area contributed by atoms with Crippen LogP contribution in [-0.2, 0) is 32.7 Å². The van der Waals surface area contributed by atoms with Crippen LogP contribution in [-0.4, -0.2) is 25.2 Å². The van der Waals surface area contributed by atoms with Gasteiger partial charge in [0.25, 0.3) is 0 Å². The summed E-state index contributed by atoms with van der Waals surface area (Å²) < 4.78 is 42.5. The largest absolute Gasteiger partial charge is 0.352 e. The Balaban J connectivity index is 1.68. The molecule has 1 aliphatic heterocycles. The number of nitrogens with zero attached hydrogens (tertiary/aromatic N) is 1. The third kappa shape index (κ3) is 4.94. The number of benzene rings is 3. The van der Waals surface area contributed by atoms with Gasteiger partial charge in [0.1, 0.15) is 5.82 Å². The predicted octanol–water partition coefficient (Wildman–Crippen LogP) is 5.53. The van der Waals surface area contributed by atoms with Gasteiger partial charge in [0, 0.05) is 25.6 Å². The van der Waals surface area contributed by atoms with E-state index in [0.717, 1.165) is 22.3 Å². The molecule has 0 saturated carbocycles. The Morgan fingerprint density at radius 2 is 1.77 bits per heavy atom. The Bertz CT molecular complexity index is 1370. The fourth-order valence-corrected chi connectivity index (χ4v) is 6.47. The maximum absolute atomic E-state index is 13.8. The number of hydrogen-bond acceptors (Lipinski definition) is 5. The molecular formula is C27H28FNO5S. The number of halogens is 1. The molecule has 1 heterocycles. The van der Waals surface area contributed by atoms with Gasteiger partial charge in [-0.1, -0.05) is 38.1 Å². The van der Waals surface area contributed by atoms with Crippen LogP contribution in [0.4, 0.5) is 4.39 Å². The van der Waals surface area contributed by atoms with Gasteiger partial charge in [-0.05, 0) is 77.4 Å². The van der Waals surface area contributed by atoms with Gasteiger partial charge >= 0.3 is 5.97 Å². The molecule has 3 aromatic carbocycles. The molecule has 184 valence electrons. The second kappa shape index (κ2) is 9.79. The highest BCUT2D eigenvalue weighted by Gasteiger charge is 2.33. The fraction of sp³-hybridized carbons (Fsp3) is 0.296. The highest BCUT2D eigenvalue weighted by atomic mass is 32.2. The van der Waals surface area contributed by atoms with Gasteiger partial charge in [0.2, 0.25) is 10.0 Å². The van der Waals surface area contributed by atoms with Crippen molar-refractivity contribution in [1.29, 1.82) is 0 Å². The monoisotopic (exact) mass is 497 g/mol. The summed E-state index contributed by atoms with van der Waals surface area (Å²) in [5.41, 5.74) is 5.05. The molecule has 3 aromatic rings. The lowest BCUT2D eigenvalue weighted by molar-refractivity contribution is -0.211. The molecule has 0 radical (unpaired) electrons. The van der Waals surface area contributed by atoms with E-state index in [2.05, 4.69) is 4.89 Å². The first kappa shape index (κ1) is 24.9. The van der Waals surface area contributed by atoms with Crippen LogP contribution < -0.4 is 4.89 Å². The number of carbonyl (C=O) groups is 1. The predicted molar refractivity (Wildman–Crippen MR) is 131 cm³/mol. The molecule has 0 amide bonds. The van der Waals surface area contributed by atoms with E-state index >= 15 is 0 Å². The summed E-state index contributed by atoms with van der Waals surface area (Å²) in [6.45, 7) is 7.47. The van der Waals surface area contributed by atoms with Gasteiger partial charge in [0.15, 0.2) is 5.75 Å². The first-order valence-electron chi connectivity index (χ1n) is 11.5. The van der Waals surface area contributed by atoms with E-state index in [0.29, 0.717) is 29.8 Å². The normalized spacial score (nSPS) is 16.0. The lowest BCUT2D eigenvalue weighted by atomic mass is 9.89. The van der Waals surface area contributed by atoms with Crippen LogP contribution in [0, 0.1) is 12.7 Å². The van der Waals surface area contributed by atoms with E-state index < -0.39 is 16.0 Å². The highest BCUT2D eigenvalue weighted by Crippen LogP contribution is 2.36. The highest BCUT2D eigenvalue weighted by molar-refractivity contribution is 7.89. The van der Waals surface area contributed by atoms with Crippen molar-refractivity contribution in [2.24, 2.45) is 0 Å². The van der Waals surface area contributed by atoms with E-state index in [1.165, 1.54) is 35.5 Å². The molecule has 8 heteroatoms. The molecule has 0 saturated heterocycles. The Morgan fingerprint density at radius 1 is 1.09 bits per heavy atom. The number of fused-ring (bicyclic) bond motifs is 1. The summed E-state index contributed by atoms with van der Waals surface area (Å²) >= 11 is 0. The summed E-state index contributed by atoms with van der Waals surface area (Å²) in [7, 11) is -3.81. The number of sulfonamides is 1. The quantitative estimate of drug-likeness (QED) is 0.331. The fourth-order valence-electron chi connectivity index (χ4n) is 4.61. The van der Waals surface area contributed by atoms with Crippen molar-refractivity contribution in [3.63, 3.8) is 0 Å². The molecule has 35 heavy (non-hydrogen) atoms. The Hall–Kier alpha value is -3.23. The van der Waals surface area contributed by atoms with Crippen molar-refractivity contribution < 1.29 is 27.4 Å². The van der Waals surface area contributed by atoms with Gasteiger partial charge in [-0.25, -0.2) is 17.6 Å². The van der Waals surface area contributed by atoms with E-state index in [9.17, 15) is 17.6 Å². The smallest absolute Gasteiger partial charge is 0.287 e. The first-order valence-corrected chi connectivity index (χ1v) is 12.9. The van der Waals surface area contributed by atoms with E-state index in [4.69, 9.17) is 4.89 Å². The Kier molecular flexibility index (Phi) is 6.96. The molecule has 0 aromatic heterocycles. The summed E-state index contributed by atoms with van der Waals surface area (Å²) in [6, 6.07) is 15.3. The Morgan fingerprint density at radius 3 is 2.43 bits per heavy atom. The van der Waals surface area contributed by atoms with Gasteiger partial charge in [-0.3, -0.25) is 9.78 Å². The van der Waals surface area contributed by atoms with Crippen molar-refractivity contribution in [2.45, 2.75) is 51.5 Å². The summed E-state index contributed by atoms with van der Waals surface area (Å²) in [5, 5.41) is 0. The molecule has 1 unspecified atom stereocenters. The van der Waals surface area contributed by atoms with E-state index in [1.54, 1.807) is 19.1 Å². The average molecular weight is 498 g/mol. The molecule has 4 rings (SSSR count).